The molecule has 0 spiro atoms. The molecule has 2 aromatic carbocycles. The molecule has 1 amide bonds. The molecule has 284 valence electrons. The fraction of sp³-hybridized carbons (Fsp3) is 0.529. The molecule has 3 heterocycles. The SMILES string of the molecule is CCOc1cccc([C@H]2O[C@H](CC(=O)N3CCC(CC(=O)OC(C)(C)C)CC3)c3nnc(C(F)(F)Cl)n3-c3ccc(C(F)(F)F)cc32)c1C(F)(F)F. The number of alkyl halides is 9. The van der Waals surface area contributed by atoms with Gasteiger partial charge >= 0.3 is 23.7 Å². The van der Waals surface area contributed by atoms with Crippen molar-refractivity contribution in [1.82, 2.24) is 19.7 Å². The van der Waals surface area contributed by atoms with Crippen LogP contribution in [0.2, 0.25) is 0 Å². The number of likely N-dealkylation sites (tertiary alicyclic amines) is 1. The molecule has 9 nitrogen and oxygen atoms in total. The number of ether oxygens (including phenoxy) is 3. The van der Waals surface area contributed by atoms with Gasteiger partial charge in [0, 0.05) is 30.6 Å². The average molecular weight is 767 g/mol. The zero-order valence-corrected chi connectivity index (χ0v) is 29.1. The Hall–Kier alpha value is -3.99. The number of esters is 1. The predicted molar refractivity (Wildman–Crippen MR) is 169 cm³/mol. The summed E-state index contributed by atoms with van der Waals surface area (Å²) in [6.07, 6.45) is -13.6. The van der Waals surface area contributed by atoms with Gasteiger partial charge in [0.2, 0.25) is 11.7 Å². The lowest BCUT2D eigenvalue weighted by Gasteiger charge is -2.33. The lowest BCUT2D eigenvalue weighted by Crippen LogP contribution is -2.40. The van der Waals surface area contributed by atoms with Gasteiger partial charge in [0.15, 0.2) is 5.82 Å². The van der Waals surface area contributed by atoms with Gasteiger partial charge in [-0.05, 0) is 82.3 Å². The maximum absolute atomic E-state index is 14.8. The minimum atomic E-state index is -5.13. The van der Waals surface area contributed by atoms with Crippen molar-refractivity contribution in [1.29, 1.82) is 0 Å². The third kappa shape index (κ3) is 8.62. The second kappa shape index (κ2) is 14.4. The summed E-state index contributed by atoms with van der Waals surface area (Å²) in [4.78, 5) is 27.5. The zero-order valence-electron chi connectivity index (χ0n) is 28.4. The number of carbonyl (C=O) groups is 2. The lowest BCUT2D eigenvalue weighted by molar-refractivity contribution is -0.156. The van der Waals surface area contributed by atoms with Crippen molar-refractivity contribution in [3.63, 3.8) is 0 Å². The number of rotatable bonds is 8. The predicted octanol–water partition coefficient (Wildman–Crippen LogP) is 8.51. The van der Waals surface area contributed by atoms with Gasteiger partial charge in [-0.15, -0.1) is 10.2 Å². The Kier molecular flexibility index (Phi) is 10.9. The molecule has 0 radical (unpaired) electrons. The number of halogens is 9. The molecule has 2 aliphatic rings. The third-order valence-corrected chi connectivity index (χ3v) is 8.70. The fourth-order valence-corrected chi connectivity index (χ4v) is 6.51. The van der Waals surface area contributed by atoms with E-state index >= 15 is 0 Å². The highest BCUT2D eigenvalue weighted by Gasteiger charge is 2.46. The van der Waals surface area contributed by atoms with E-state index < -0.39 is 99.2 Å². The Morgan fingerprint density at radius 3 is 2.17 bits per heavy atom. The first kappa shape index (κ1) is 39.2. The maximum Gasteiger partial charge on any atom is 0.420 e. The Labute approximate surface area is 298 Å². The maximum atomic E-state index is 14.8. The van der Waals surface area contributed by atoms with Gasteiger partial charge in [0.25, 0.3) is 0 Å². The van der Waals surface area contributed by atoms with Gasteiger partial charge in [-0.3, -0.25) is 14.2 Å². The third-order valence-electron chi connectivity index (χ3n) is 8.54. The summed E-state index contributed by atoms with van der Waals surface area (Å²) in [6, 6.07) is 5.01. The second-order valence-electron chi connectivity index (χ2n) is 13.5. The topological polar surface area (TPSA) is 95.8 Å². The fourth-order valence-electron chi connectivity index (χ4n) is 6.39. The van der Waals surface area contributed by atoms with Crippen LogP contribution < -0.4 is 4.74 Å². The van der Waals surface area contributed by atoms with Crippen LogP contribution in [0.15, 0.2) is 36.4 Å². The Bertz CT molecular complexity index is 1790. The lowest BCUT2D eigenvalue weighted by atomic mass is 9.92. The molecule has 0 saturated carbocycles. The molecule has 0 unspecified atom stereocenters. The van der Waals surface area contributed by atoms with E-state index in [9.17, 15) is 44.7 Å². The number of aromatic nitrogens is 3. The molecule has 52 heavy (non-hydrogen) atoms. The number of nitrogens with zero attached hydrogens (tertiary/aromatic N) is 4. The second-order valence-corrected chi connectivity index (χ2v) is 13.9. The summed E-state index contributed by atoms with van der Waals surface area (Å²) in [7, 11) is 0. The van der Waals surface area contributed by atoms with Crippen LogP contribution in [0.3, 0.4) is 0 Å². The number of fused-ring (bicyclic) bond motifs is 3. The van der Waals surface area contributed by atoms with Crippen LogP contribution in [-0.2, 0) is 36.8 Å². The summed E-state index contributed by atoms with van der Waals surface area (Å²) in [5.74, 6) is -3.53. The smallest absolute Gasteiger partial charge is 0.420 e. The van der Waals surface area contributed by atoms with E-state index in [4.69, 9.17) is 25.8 Å². The number of hydrogen-bond acceptors (Lipinski definition) is 7. The number of carbonyl (C=O) groups excluding carboxylic acids is 2. The molecule has 2 atom stereocenters. The van der Waals surface area contributed by atoms with Gasteiger partial charge < -0.3 is 19.1 Å². The van der Waals surface area contributed by atoms with E-state index in [0.29, 0.717) is 29.5 Å². The Morgan fingerprint density at radius 1 is 0.923 bits per heavy atom. The van der Waals surface area contributed by atoms with Crippen LogP contribution in [0.4, 0.5) is 35.1 Å². The van der Waals surface area contributed by atoms with Crippen LogP contribution in [-0.4, -0.2) is 56.8 Å². The first-order chi connectivity index (χ1) is 24.1. The Balaban J connectivity index is 1.59. The quantitative estimate of drug-likeness (QED) is 0.129. The van der Waals surface area contributed by atoms with Crippen LogP contribution in [0.25, 0.3) is 5.69 Å². The standard InChI is InChI=1S/C34H35ClF8N4O5/c1-5-50-23-8-6-7-20(27(23)34(41,42)43)28-21-16-19(33(38,39)40)9-10-22(21)47-29(44-45-30(47)32(35,36)37)24(51-28)17-25(48)46-13-11-18(12-14-46)15-26(49)52-31(2,3)4/h6-10,16,18,24,28H,5,11-15,17H2,1-4H3/t24-,28-/m1/s1. The summed E-state index contributed by atoms with van der Waals surface area (Å²) in [5.41, 5.74) is -5.14. The monoisotopic (exact) mass is 766 g/mol. The van der Waals surface area contributed by atoms with Crippen LogP contribution >= 0.6 is 11.6 Å². The first-order valence-corrected chi connectivity index (χ1v) is 16.7. The molecular formula is C34H35ClF8N4O5. The van der Waals surface area contributed by atoms with Crippen LogP contribution in [0, 0.1) is 5.92 Å². The van der Waals surface area contributed by atoms with Crippen molar-refractivity contribution in [2.75, 3.05) is 19.7 Å². The van der Waals surface area contributed by atoms with E-state index in [1.807, 2.05) is 0 Å². The van der Waals surface area contributed by atoms with E-state index in [2.05, 4.69) is 10.2 Å². The van der Waals surface area contributed by atoms with Crippen molar-refractivity contribution in [2.24, 2.45) is 5.92 Å². The highest BCUT2D eigenvalue weighted by Crippen LogP contribution is 2.49. The van der Waals surface area contributed by atoms with Crippen LogP contribution in [0.1, 0.15) is 99.5 Å². The zero-order chi connectivity index (χ0) is 38.4. The minimum Gasteiger partial charge on any atom is -0.493 e. The molecule has 1 aromatic heterocycles. The number of piperidine rings is 1. The van der Waals surface area contributed by atoms with Crippen LogP contribution in [0.5, 0.6) is 5.75 Å². The van der Waals surface area contributed by atoms with Gasteiger partial charge in [0.05, 0.1) is 24.3 Å². The van der Waals surface area contributed by atoms with Crippen molar-refractivity contribution < 1.29 is 58.9 Å². The molecule has 0 bridgehead atoms. The van der Waals surface area contributed by atoms with Crippen molar-refractivity contribution in [3.05, 3.63) is 70.3 Å². The average Bonchev–Trinajstić information content (AvgIpc) is 3.42. The van der Waals surface area contributed by atoms with E-state index in [-0.39, 0.29) is 32.0 Å². The summed E-state index contributed by atoms with van der Waals surface area (Å²) < 4.78 is 133. The Morgan fingerprint density at radius 2 is 1.60 bits per heavy atom. The minimum absolute atomic E-state index is 0.107. The largest absolute Gasteiger partial charge is 0.493 e. The number of amides is 1. The molecular weight excluding hydrogens is 732 g/mol. The molecule has 5 rings (SSSR count). The summed E-state index contributed by atoms with van der Waals surface area (Å²) in [6.45, 7) is 6.77. The molecule has 1 saturated heterocycles. The van der Waals surface area contributed by atoms with Gasteiger partial charge in [-0.25, -0.2) is 0 Å². The molecule has 3 aromatic rings. The first-order valence-electron chi connectivity index (χ1n) is 16.3. The molecule has 18 heteroatoms. The van der Waals surface area contributed by atoms with Gasteiger partial charge in [-0.1, -0.05) is 12.1 Å². The number of benzene rings is 2. The van der Waals surface area contributed by atoms with E-state index in [0.717, 1.165) is 18.2 Å². The molecule has 0 N–H and O–H groups in total. The van der Waals surface area contributed by atoms with E-state index in [1.165, 1.54) is 17.9 Å². The van der Waals surface area contributed by atoms with E-state index in [1.54, 1.807) is 20.8 Å². The summed E-state index contributed by atoms with van der Waals surface area (Å²) >= 11 is 5.36. The highest BCUT2D eigenvalue weighted by atomic mass is 35.5. The highest BCUT2D eigenvalue weighted by molar-refractivity contribution is 6.21. The van der Waals surface area contributed by atoms with Gasteiger partial charge in [0.1, 0.15) is 29.1 Å². The van der Waals surface area contributed by atoms with Crippen molar-refractivity contribution in [2.45, 2.75) is 88.9 Å². The van der Waals surface area contributed by atoms with Crippen molar-refractivity contribution in [3.8, 4) is 11.4 Å². The van der Waals surface area contributed by atoms with Crippen molar-refractivity contribution >= 4 is 23.5 Å². The number of hydrogen-bond donors (Lipinski definition) is 0. The molecule has 1 fully saturated rings. The van der Waals surface area contributed by atoms with Gasteiger partial charge in [-0.2, -0.15) is 35.1 Å². The summed E-state index contributed by atoms with van der Waals surface area (Å²) in [5, 5.41) is 2.99. The normalized spacial score (nSPS) is 18.8. The molecule has 2 aliphatic heterocycles. The molecule has 0 aliphatic carbocycles.